The van der Waals surface area contributed by atoms with Gasteiger partial charge in [0.25, 0.3) is 11.7 Å². The van der Waals surface area contributed by atoms with Gasteiger partial charge in [0.1, 0.15) is 28.9 Å². The highest BCUT2D eigenvalue weighted by atomic mass is 19.1. The van der Waals surface area contributed by atoms with E-state index in [0.29, 0.717) is 17.1 Å². The van der Waals surface area contributed by atoms with Gasteiger partial charge in [-0.1, -0.05) is 36.4 Å². The molecule has 1 N–H and O–H groups in total. The molecule has 1 heterocycles. The summed E-state index contributed by atoms with van der Waals surface area (Å²) in [6.07, 6.45) is 0. The number of aliphatic hydroxyl groups excluding tert-OH is 1. The summed E-state index contributed by atoms with van der Waals surface area (Å²) in [5.74, 6) is -2.37. The molecular weight excluding hydrogens is 476 g/mol. The number of aliphatic hydroxyl groups is 1. The molecule has 4 aromatic rings. The van der Waals surface area contributed by atoms with E-state index in [9.17, 15) is 23.5 Å². The van der Waals surface area contributed by atoms with Gasteiger partial charge in [-0.15, -0.1) is 0 Å². The van der Waals surface area contributed by atoms with E-state index in [1.807, 2.05) is 18.2 Å². The molecule has 0 aliphatic carbocycles. The molecule has 0 spiro atoms. The summed E-state index contributed by atoms with van der Waals surface area (Å²) < 4.78 is 34.0. The lowest BCUT2D eigenvalue weighted by molar-refractivity contribution is -0.132. The Labute approximate surface area is 211 Å². The molecule has 37 heavy (non-hydrogen) atoms. The summed E-state index contributed by atoms with van der Waals surface area (Å²) >= 11 is 0. The van der Waals surface area contributed by atoms with Gasteiger partial charge in [0, 0.05) is 11.3 Å². The second-order valence-electron chi connectivity index (χ2n) is 8.60. The van der Waals surface area contributed by atoms with Crippen molar-refractivity contribution in [3.05, 3.63) is 131 Å². The van der Waals surface area contributed by atoms with Crippen LogP contribution in [0.15, 0.2) is 103 Å². The Kier molecular flexibility index (Phi) is 6.27. The van der Waals surface area contributed by atoms with Crippen molar-refractivity contribution >= 4 is 23.1 Å². The summed E-state index contributed by atoms with van der Waals surface area (Å²) in [6.45, 7) is 1.53. The highest BCUT2D eigenvalue weighted by Crippen LogP contribution is 2.43. The SMILES string of the molecule is Cc1cc(/C(O)=C2\C(=O)C(=O)N(c3cccc(F)c3)C2c2cccc(Oc3ccccc3)c2)ccc1F. The second kappa shape index (κ2) is 9.70. The Hall–Kier alpha value is -4.78. The Bertz CT molecular complexity index is 1550. The maximum Gasteiger partial charge on any atom is 0.300 e. The molecule has 0 radical (unpaired) electrons. The molecule has 0 aromatic heterocycles. The van der Waals surface area contributed by atoms with Crippen molar-refractivity contribution in [1.82, 2.24) is 0 Å². The standard InChI is InChI=1S/C30H21F2NO4/c1-18-15-20(13-14-25(18)32)28(34)26-27(33(30(36)29(26)35)22-9-6-8-21(31)17-22)19-7-5-12-24(16-19)37-23-10-3-2-4-11-23/h2-17,27,34H,1H3/b28-26+. The number of rotatable bonds is 5. The number of carbonyl (C=O) groups is 2. The van der Waals surface area contributed by atoms with Crippen LogP contribution >= 0.6 is 0 Å². The van der Waals surface area contributed by atoms with Gasteiger partial charge in [-0.05, 0) is 78.7 Å². The molecule has 1 fully saturated rings. The number of aryl methyl sites for hydroxylation is 1. The van der Waals surface area contributed by atoms with E-state index in [1.165, 1.54) is 43.3 Å². The Balaban J connectivity index is 1.68. The van der Waals surface area contributed by atoms with Gasteiger partial charge in [0.05, 0.1) is 11.6 Å². The topological polar surface area (TPSA) is 66.8 Å². The zero-order valence-corrected chi connectivity index (χ0v) is 19.7. The first-order valence-corrected chi connectivity index (χ1v) is 11.5. The third kappa shape index (κ3) is 4.59. The van der Waals surface area contributed by atoms with E-state index in [0.717, 1.165) is 11.0 Å². The fourth-order valence-electron chi connectivity index (χ4n) is 4.36. The molecule has 7 heteroatoms. The fraction of sp³-hybridized carbons (Fsp3) is 0.0667. The minimum Gasteiger partial charge on any atom is -0.507 e. The van der Waals surface area contributed by atoms with E-state index >= 15 is 0 Å². The summed E-state index contributed by atoms with van der Waals surface area (Å²) in [5, 5.41) is 11.2. The number of nitrogens with zero attached hydrogens (tertiary/aromatic N) is 1. The zero-order chi connectivity index (χ0) is 26.1. The number of carbonyl (C=O) groups excluding carboxylic acids is 2. The van der Waals surface area contributed by atoms with E-state index in [1.54, 1.807) is 36.4 Å². The maximum absolute atomic E-state index is 14.1. The van der Waals surface area contributed by atoms with E-state index in [2.05, 4.69) is 0 Å². The minimum absolute atomic E-state index is 0.149. The number of ketones is 1. The summed E-state index contributed by atoms with van der Waals surface area (Å²) in [5.41, 5.74) is 0.848. The molecule has 1 saturated heterocycles. The average Bonchev–Trinajstić information content (AvgIpc) is 3.16. The third-order valence-corrected chi connectivity index (χ3v) is 6.11. The molecule has 0 saturated carbocycles. The minimum atomic E-state index is -1.09. The van der Waals surface area contributed by atoms with Crippen molar-refractivity contribution in [2.75, 3.05) is 4.90 Å². The highest BCUT2D eigenvalue weighted by molar-refractivity contribution is 6.51. The van der Waals surface area contributed by atoms with Crippen LogP contribution in [0.3, 0.4) is 0 Å². The Morgan fingerprint density at radius 2 is 1.57 bits per heavy atom. The number of halogens is 2. The van der Waals surface area contributed by atoms with Crippen LogP contribution in [0.4, 0.5) is 14.5 Å². The number of anilines is 1. The normalized spacial score (nSPS) is 16.7. The lowest BCUT2D eigenvalue weighted by atomic mass is 9.94. The molecule has 1 atom stereocenters. The molecule has 1 unspecified atom stereocenters. The van der Waals surface area contributed by atoms with Crippen LogP contribution in [0.1, 0.15) is 22.7 Å². The quantitative estimate of drug-likeness (QED) is 0.190. The monoisotopic (exact) mass is 497 g/mol. The van der Waals surface area contributed by atoms with Gasteiger partial charge in [0.15, 0.2) is 0 Å². The molecule has 184 valence electrons. The van der Waals surface area contributed by atoms with Gasteiger partial charge in [0.2, 0.25) is 0 Å². The first-order valence-electron chi connectivity index (χ1n) is 11.5. The summed E-state index contributed by atoms with van der Waals surface area (Å²) in [6, 6.07) is 23.9. The van der Waals surface area contributed by atoms with E-state index < -0.39 is 35.1 Å². The van der Waals surface area contributed by atoms with Crippen LogP contribution in [0, 0.1) is 18.6 Å². The average molecular weight is 497 g/mol. The lowest BCUT2D eigenvalue weighted by Crippen LogP contribution is -2.29. The number of para-hydroxylation sites is 1. The first-order chi connectivity index (χ1) is 17.8. The number of hydrogen-bond acceptors (Lipinski definition) is 4. The number of benzene rings is 4. The zero-order valence-electron chi connectivity index (χ0n) is 19.7. The van der Waals surface area contributed by atoms with Crippen LogP contribution in [-0.4, -0.2) is 16.8 Å². The predicted molar refractivity (Wildman–Crippen MR) is 135 cm³/mol. The van der Waals surface area contributed by atoms with E-state index in [-0.39, 0.29) is 22.4 Å². The van der Waals surface area contributed by atoms with Gasteiger partial charge in [-0.3, -0.25) is 14.5 Å². The van der Waals surface area contributed by atoms with Crippen LogP contribution < -0.4 is 9.64 Å². The van der Waals surface area contributed by atoms with Gasteiger partial charge >= 0.3 is 0 Å². The molecule has 1 amide bonds. The van der Waals surface area contributed by atoms with Crippen LogP contribution in [0.2, 0.25) is 0 Å². The third-order valence-electron chi connectivity index (χ3n) is 6.11. The molecule has 1 aliphatic rings. The smallest absolute Gasteiger partial charge is 0.300 e. The van der Waals surface area contributed by atoms with Crippen molar-refractivity contribution in [2.24, 2.45) is 0 Å². The Morgan fingerprint density at radius 1 is 0.838 bits per heavy atom. The summed E-state index contributed by atoms with van der Waals surface area (Å²) in [7, 11) is 0. The highest BCUT2D eigenvalue weighted by Gasteiger charge is 2.47. The van der Waals surface area contributed by atoms with Crippen molar-refractivity contribution < 1.29 is 28.2 Å². The Morgan fingerprint density at radius 3 is 2.30 bits per heavy atom. The van der Waals surface area contributed by atoms with E-state index in [4.69, 9.17) is 4.74 Å². The molecule has 1 aliphatic heterocycles. The number of amides is 1. The largest absolute Gasteiger partial charge is 0.507 e. The molecule has 4 aromatic carbocycles. The van der Waals surface area contributed by atoms with Gasteiger partial charge in [-0.25, -0.2) is 8.78 Å². The fourth-order valence-corrected chi connectivity index (χ4v) is 4.36. The van der Waals surface area contributed by atoms with Gasteiger partial charge in [-0.2, -0.15) is 0 Å². The molecule has 0 bridgehead atoms. The first kappa shape index (κ1) is 23.9. The van der Waals surface area contributed by atoms with Crippen LogP contribution in [0.5, 0.6) is 11.5 Å². The maximum atomic E-state index is 14.1. The molecule has 5 nitrogen and oxygen atoms in total. The van der Waals surface area contributed by atoms with Crippen molar-refractivity contribution in [3.8, 4) is 11.5 Å². The van der Waals surface area contributed by atoms with Crippen LogP contribution in [-0.2, 0) is 9.59 Å². The van der Waals surface area contributed by atoms with Crippen molar-refractivity contribution in [3.63, 3.8) is 0 Å². The van der Waals surface area contributed by atoms with Crippen molar-refractivity contribution in [1.29, 1.82) is 0 Å². The van der Waals surface area contributed by atoms with Crippen molar-refractivity contribution in [2.45, 2.75) is 13.0 Å². The number of ether oxygens (including phenoxy) is 1. The second-order valence-corrected chi connectivity index (χ2v) is 8.60. The lowest BCUT2D eigenvalue weighted by Gasteiger charge is -2.26. The molecular formula is C30H21F2NO4. The van der Waals surface area contributed by atoms with Crippen LogP contribution in [0.25, 0.3) is 5.76 Å². The van der Waals surface area contributed by atoms with Gasteiger partial charge < -0.3 is 9.84 Å². The predicted octanol–water partition coefficient (Wildman–Crippen LogP) is 6.69. The number of Topliss-reactive ketones (excluding diaryl/α,β-unsaturated/α-hetero) is 1. The molecule has 5 rings (SSSR count). The number of hydrogen-bond donors (Lipinski definition) is 1. The summed E-state index contributed by atoms with van der Waals surface area (Å²) in [4.78, 5) is 27.7.